The molecule has 2 N–H and O–H groups in total. The quantitative estimate of drug-likeness (QED) is 0.304. The lowest BCUT2D eigenvalue weighted by Gasteiger charge is -1.65. The van der Waals surface area contributed by atoms with Crippen molar-refractivity contribution >= 4 is 25.0 Å². The van der Waals surface area contributed by atoms with Gasteiger partial charge >= 0.3 is 0 Å². The topological polar surface area (TPSA) is 26.0 Å². The van der Waals surface area contributed by atoms with E-state index < -0.39 is 0 Å². The zero-order chi connectivity index (χ0) is 3.58. The number of nitrogens with two attached hydrogens (primary N) is 1. The first-order valence-corrected chi connectivity index (χ1v) is 1.19. The molecule has 4 heavy (non-hydrogen) atoms. The second-order valence-corrected chi connectivity index (χ2v) is 0.874. The molecule has 3 heteroatoms. The molecule has 0 atom stereocenters. The highest BCUT2D eigenvalue weighted by atomic mass is 32.1. The van der Waals surface area contributed by atoms with Crippen molar-refractivity contribution in [3.05, 3.63) is 0 Å². The molecule has 0 spiro atoms. The van der Waals surface area contributed by atoms with E-state index in [1.807, 2.05) is 0 Å². The van der Waals surface area contributed by atoms with Gasteiger partial charge in [0.15, 0.2) is 7.85 Å². The van der Waals surface area contributed by atoms with Gasteiger partial charge < -0.3 is 5.73 Å². The SMILES string of the molecule is [B]C(N)=S. The second-order valence-electron chi connectivity index (χ2n) is 0.402. The smallest absolute Gasteiger partial charge is 0.154 e. The van der Waals surface area contributed by atoms with Gasteiger partial charge in [0.1, 0.15) is 0 Å². The zero-order valence-electron chi connectivity index (χ0n) is 2.06. The van der Waals surface area contributed by atoms with Gasteiger partial charge in [-0.15, -0.1) is 0 Å². The third-order valence-electron chi connectivity index (χ3n) is 0. The van der Waals surface area contributed by atoms with E-state index in [9.17, 15) is 0 Å². The standard InChI is InChI=1S/CH2BNS/c2-1(3)4/h(H2,3,4). The van der Waals surface area contributed by atoms with Crippen molar-refractivity contribution in [2.24, 2.45) is 5.73 Å². The Balaban J connectivity index is 2.80. The van der Waals surface area contributed by atoms with Crippen LogP contribution < -0.4 is 5.73 Å². The van der Waals surface area contributed by atoms with E-state index in [0.717, 1.165) is 0 Å². The molecule has 0 fully saturated rings. The van der Waals surface area contributed by atoms with E-state index in [4.69, 9.17) is 0 Å². The van der Waals surface area contributed by atoms with Gasteiger partial charge in [-0.3, -0.25) is 0 Å². The van der Waals surface area contributed by atoms with Crippen molar-refractivity contribution < 1.29 is 0 Å². The molecule has 0 aliphatic heterocycles. The van der Waals surface area contributed by atoms with Gasteiger partial charge in [-0.2, -0.15) is 0 Å². The van der Waals surface area contributed by atoms with Crippen LogP contribution in [0.15, 0.2) is 0 Å². The van der Waals surface area contributed by atoms with Crippen LogP contribution in [0.1, 0.15) is 0 Å². The molecular weight excluding hydrogens is 68.9 g/mol. The molecule has 0 aliphatic carbocycles. The molecule has 0 amide bonds. The zero-order valence-corrected chi connectivity index (χ0v) is 2.88. The van der Waals surface area contributed by atoms with Crippen LogP contribution in [0.3, 0.4) is 0 Å². The third-order valence-corrected chi connectivity index (χ3v) is 0. The minimum Gasteiger partial charge on any atom is -0.402 e. The molecular formula is CH2BNS. The van der Waals surface area contributed by atoms with Crippen LogP contribution in [0, 0.1) is 0 Å². The fourth-order valence-electron chi connectivity index (χ4n) is 0. The van der Waals surface area contributed by atoms with Crippen molar-refractivity contribution in [3.8, 4) is 0 Å². The average molecular weight is 70.9 g/mol. The van der Waals surface area contributed by atoms with Crippen LogP contribution in [0.2, 0.25) is 0 Å². The molecule has 0 aromatic heterocycles. The summed E-state index contributed by atoms with van der Waals surface area (Å²) in [5.74, 6) is 0. The minimum atomic E-state index is 0.000000000000000222. The molecule has 0 bridgehead atoms. The summed E-state index contributed by atoms with van der Waals surface area (Å²) in [5, 5.41) is 0. The predicted octanol–water partition coefficient (Wildman–Crippen LogP) is -0.602. The molecule has 0 rings (SSSR count). The van der Waals surface area contributed by atoms with Crippen LogP contribution in [0.5, 0.6) is 0 Å². The van der Waals surface area contributed by atoms with E-state index in [1.165, 1.54) is 0 Å². The lowest BCUT2D eigenvalue weighted by molar-refractivity contribution is 1.90. The van der Waals surface area contributed by atoms with Crippen LogP contribution >= 0.6 is 12.2 Å². The van der Waals surface area contributed by atoms with Crippen molar-refractivity contribution in [1.82, 2.24) is 0 Å². The van der Waals surface area contributed by atoms with Gasteiger partial charge in [0.2, 0.25) is 0 Å². The van der Waals surface area contributed by atoms with E-state index in [2.05, 4.69) is 25.8 Å². The minimum absolute atomic E-state index is 0.000000000000000222. The number of hydrogen-bond donors (Lipinski definition) is 1. The summed E-state index contributed by atoms with van der Waals surface area (Å²) >= 11 is 4.09. The Hall–Kier alpha value is -0.0451. The second kappa shape index (κ2) is 1.29. The Morgan fingerprint density at radius 3 is 2.00 bits per heavy atom. The summed E-state index contributed by atoms with van der Waals surface area (Å²) in [6.45, 7) is 0. The van der Waals surface area contributed by atoms with Crippen molar-refractivity contribution in [1.29, 1.82) is 0 Å². The molecule has 0 aliphatic rings. The summed E-state index contributed by atoms with van der Waals surface area (Å²) in [7, 11) is 4.62. The molecule has 0 aromatic carbocycles. The first-order valence-electron chi connectivity index (χ1n) is 0.781. The van der Waals surface area contributed by atoms with Gasteiger partial charge in [0.05, 0.1) is 0 Å². The van der Waals surface area contributed by atoms with Crippen molar-refractivity contribution in [2.45, 2.75) is 0 Å². The summed E-state index contributed by atoms with van der Waals surface area (Å²) in [6, 6.07) is 0. The molecule has 0 saturated heterocycles. The largest absolute Gasteiger partial charge is 0.402 e. The lowest BCUT2D eigenvalue weighted by atomic mass is 10.2. The van der Waals surface area contributed by atoms with Crippen molar-refractivity contribution in [3.63, 3.8) is 0 Å². The Kier molecular flexibility index (Phi) is 1.28. The highest BCUT2D eigenvalue weighted by Gasteiger charge is 1.55. The summed E-state index contributed by atoms with van der Waals surface area (Å²) < 4.78 is 0. The van der Waals surface area contributed by atoms with Crippen LogP contribution in [-0.4, -0.2) is 12.7 Å². The van der Waals surface area contributed by atoms with E-state index in [0.29, 0.717) is 0 Å². The fourth-order valence-corrected chi connectivity index (χ4v) is 0. The summed E-state index contributed by atoms with van der Waals surface area (Å²) in [5.41, 5.74) is 4.62. The molecule has 0 unspecified atom stereocenters. The van der Waals surface area contributed by atoms with Gasteiger partial charge in [-0.1, -0.05) is 12.2 Å². The molecule has 0 saturated carbocycles. The first-order chi connectivity index (χ1) is 1.73. The molecule has 2 radical (unpaired) electrons. The summed E-state index contributed by atoms with van der Waals surface area (Å²) in [4.78, 5) is 0.000000000000000222. The predicted molar refractivity (Wildman–Crippen MR) is 22.5 cm³/mol. The van der Waals surface area contributed by atoms with Crippen LogP contribution in [0.4, 0.5) is 0 Å². The van der Waals surface area contributed by atoms with Gasteiger partial charge in [0, 0.05) is 4.89 Å². The third kappa shape index (κ3) is 878. The number of thiocarbonyl (C=S) groups is 1. The van der Waals surface area contributed by atoms with E-state index in [-0.39, 0.29) is 4.89 Å². The number of hydrogen-bond acceptors (Lipinski definition) is 1. The Bertz CT molecular complexity index is 31.0. The molecule has 1 nitrogen and oxygen atoms in total. The fraction of sp³-hybridized carbons (Fsp3) is 0. The van der Waals surface area contributed by atoms with Gasteiger partial charge in [0.25, 0.3) is 0 Å². The van der Waals surface area contributed by atoms with E-state index in [1.54, 1.807) is 0 Å². The van der Waals surface area contributed by atoms with Crippen LogP contribution in [-0.2, 0) is 0 Å². The van der Waals surface area contributed by atoms with Crippen LogP contribution in [0.25, 0.3) is 0 Å². The molecule has 0 heterocycles. The average Bonchev–Trinajstić information content (AvgIpc) is 0.811. The summed E-state index contributed by atoms with van der Waals surface area (Å²) in [6.07, 6.45) is 0. The Morgan fingerprint density at radius 2 is 2.00 bits per heavy atom. The number of rotatable bonds is 0. The Labute approximate surface area is 31.6 Å². The highest BCUT2D eigenvalue weighted by molar-refractivity contribution is 7.82. The Morgan fingerprint density at radius 1 is 2.00 bits per heavy atom. The molecule has 0 aromatic rings. The normalized spacial score (nSPS) is 6.00. The maximum absolute atomic E-state index is 4.62. The maximum atomic E-state index is 4.62. The van der Waals surface area contributed by atoms with Gasteiger partial charge in [-0.05, 0) is 0 Å². The lowest BCUT2D eigenvalue weighted by Crippen LogP contribution is -2.04. The van der Waals surface area contributed by atoms with Crippen molar-refractivity contribution in [2.75, 3.05) is 0 Å². The molecule has 20 valence electrons. The maximum Gasteiger partial charge on any atom is 0.154 e. The highest BCUT2D eigenvalue weighted by Crippen LogP contribution is 1.38. The monoisotopic (exact) mass is 71.0 g/mol. The van der Waals surface area contributed by atoms with E-state index >= 15 is 0 Å². The first kappa shape index (κ1) is 3.95. The van der Waals surface area contributed by atoms with Gasteiger partial charge in [-0.25, -0.2) is 0 Å².